The molecule has 2 fully saturated rings. The zero-order valence-corrected chi connectivity index (χ0v) is 18.4. The van der Waals surface area contributed by atoms with E-state index in [1.807, 2.05) is 0 Å². The third-order valence-electron chi connectivity index (χ3n) is 4.00. The lowest BCUT2D eigenvalue weighted by atomic mass is 10.2. The van der Waals surface area contributed by atoms with E-state index in [2.05, 4.69) is 24.3 Å². The molecule has 1 aromatic carbocycles. The van der Waals surface area contributed by atoms with Crippen LogP contribution in [0.3, 0.4) is 0 Å². The van der Waals surface area contributed by atoms with Crippen molar-refractivity contribution in [3.63, 3.8) is 0 Å². The number of hydrogen-bond acceptors (Lipinski definition) is 8. The minimum atomic E-state index is -4.94. The maximum absolute atomic E-state index is 8.49. The van der Waals surface area contributed by atoms with E-state index in [0.717, 1.165) is 0 Å². The van der Waals surface area contributed by atoms with E-state index < -0.39 is 20.5 Å². The highest BCUT2D eigenvalue weighted by atomic mass is 35.7. The number of benzene rings is 1. The second-order valence-corrected chi connectivity index (χ2v) is 12.5. The number of hydrogen-bond donors (Lipinski definition) is 0. The molecule has 28 heavy (non-hydrogen) atoms. The minimum absolute atomic E-state index is 0.713. The second-order valence-electron chi connectivity index (χ2n) is 6.32. The zero-order valence-electron chi connectivity index (χ0n) is 15.2. The fraction of sp³-hybridized carbons (Fsp3) is 0.625. The Morgan fingerprint density at radius 1 is 0.536 bits per heavy atom. The molecule has 0 aromatic heterocycles. The zero-order chi connectivity index (χ0) is 21.2. The Morgan fingerprint density at radius 2 is 0.750 bits per heavy atom. The molecule has 0 spiro atoms. The van der Waals surface area contributed by atoms with Crippen LogP contribution < -0.4 is 37.3 Å². The van der Waals surface area contributed by atoms with Crippen LogP contribution in [0.15, 0.2) is 24.3 Å². The van der Waals surface area contributed by atoms with Gasteiger partial charge in [-0.3, -0.25) is 0 Å². The standard InChI is InChI=1S/C16H24S2.2ClHO4/c1-2-10-17(9-1)13-15-5-7-16(8-6-15)14-18-11-3-4-12-18;2*2-1(3,4)5/h5-8H,1-4,9-14H2;2*(H,2,3,4,5)/q+2;;/p-2. The third kappa shape index (κ3) is 16.0. The lowest BCUT2D eigenvalue weighted by Gasteiger charge is -2.17. The van der Waals surface area contributed by atoms with Gasteiger partial charge in [-0.15, -0.1) is 20.5 Å². The summed E-state index contributed by atoms with van der Waals surface area (Å²) in [7, 11) is -8.46. The molecule has 0 radical (unpaired) electrons. The molecule has 162 valence electrons. The Labute approximate surface area is 175 Å². The van der Waals surface area contributed by atoms with Gasteiger partial charge in [0.1, 0.15) is 34.5 Å². The maximum Gasteiger partial charge on any atom is 0.133 e. The molecule has 0 N–H and O–H groups in total. The van der Waals surface area contributed by atoms with Crippen molar-refractivity contribution in [3.8, 4) is 0 Å². The average Bonchev–Trinajstić information content (AvgIpc) is 3.19. The predicted octanol–water partition coefficient (Wildman–Crippen LogP) is -6.00. The number of halogens is 2. The summed E-state index contributed by atoms with van der Waals surface area (Å²) in [6.45, 7) is 0. The van der Waals surface area contributed by atoms with Gasteiger partial charge in [0, 0.05) is 11.1 Å². The van der Waals surface area contributed by atoms with Crippen LogP contribution in [0.5, 0.6) is 0 Å². The van der Waals surface area contributed by atoms with Crippen molar-refractivity contribution < 1.29 is 57.8 Å². The minimum Gasteiger partial charge on any atom is -0.222 e. The van der Waals surface area contributed by atoms with Crippen molar-refractivity contribution in [3.05, 3.63) is 35.4 Å². The monoisotopic (exact) mass is 478 g/mol. The molecule has 0 saturated carbocycles. The molecule has 2 aliphatic rings. The van der Waals surface area contributed by atoms with Crippen molar-refractivity contribution in [2.75, 3.05) is 23.0 Å². The van der Waals surface area contributed by atoms with Gasteiger partial charge in [0.25, 0.3) is 0 Å². The fourth-order valence-electron chi connectivity index (χ4n) is 2.92. The van der Waals surface area contributed by atoms with Crippen LogP contribution in [-0.2, 0) is 33.3 Å². The van der Waals surface area contributed by atoms with Gasteiger partial charge in [-0.1, -0.05) is 24.3 Å². The van der Waals surface area contributed by atoms with E-state index in [1.165, 1.54) is 60.2 Å². The molecule has 2 aliphatic heterocycles. The molecule has 2 saturated heterocycles. The Kier molecular flexibility index (Phi) is 12.0. The average molecular weight is 479 g/mol. The maximum atomic E-state index is 8.49. The molecule has 0 atom stereocenters. The van der Waals surface area contributed by atoms with Crippen LogP contribution in [-0.4, -0.2) is 23.0 Å². The highest BCUT2D eigenvalue weighted by molar-refractivity contribution is 7.96. The normalized spacial score (nSPS) is 18.3. The van der Waals surface area contributed by atoms with Gasteiger partial charge in [0.15, 0.2) is 0 Å². The molecular weight excluding hydrogens is 455 g/mol. The van der Waals surface area contributed by atoms with Crippen LogP contribution in [0.2, 0.25) is 0 Å². The summed E-state index contributed by atoms with van der Waals surface area (Å²) in [4.78, 5) is 0. The Bertz CT molecular complexity index is 478. The topological polar surface area (TPSA) is 184 Å². The van der Waals surface area contributed by atoms with E-state index in [9.17, 15) is 0 Å². The Morgan fingerprint density at radius 3 is 0.964 bits per heavy atom. The molecule has 1 aromatic rings. The molecule has 12 heteroatoms. The van der Waals surface area contributed by atoms with Crippen molar-refractivity contribution >= 4 is 21.8 Å². The van der Waals surface area contributed by atoms with Crippen molar-refractivity contribution in [2.24, 2.45) is 0 Å². The van der Waals surface area contributed by atoms with Crippen molar-refractivity contribution in [2.45, 2.75) is 37.2 Å². The second kappa shape index (κ2) is 12.8. The predicted molar refractivity (Wildman–Crippen MR) is 86.5 cm³/mol. The first-order valence-electron chi connectivity index (χ1n) is 8.49. The van der Waals surface area contributed by atoms with Gasteiger partial charge in [-0.25, -0.2) is 37.3 Å². The smallest absolute Gasteiger partial charge is 0.133 e. The molecule has 0 amide bonds. The molecule has 0 bridgehead atoms. The summed E-state index contributed by atoms with van der Waals surface area (Å²) in [5.41, 5.74) is 3.16. The summed E-state index contributed by atoms with van der Waals surface area (Å²) >= 11 is 0. The first kappa shape index (κ1) is 26.2. The van der Waals surface area contributed by atoms with Gasteiger partial charge >= 0.3 is 0 Å². The van der Waals surface area contributed by atoms with E-state index >= 15 is 0 Å². The molecule has 0 aliphatic carbocycles. The van der Waals surface area contributed by atoms with Crippen LogP contribution in [0, 0.1) is 20.5 Å². The lowest BCUT2D eigenvalue weighted by Crippen LogP contribution is -2.68. The summed E-state index contributed by atoms with van der Waals surface area (Å²) in [6.07, 6.45) is 5.90. The summed E-state index contributed by atoms with van der Waals surface area (Å²) in [5.74, 6) is 8.67. The summed E-state index contributed by atoms with van der Waals surface area (Å²) in [6, 6.07) is 9.61. The molecule has 2 heterocycles. The van der Waals surface area contributed by atoms with Gasteiger partial charge in [-0.05, 0) is 47.5 Å². The molecular formula is C16H24Cl2O8S2. The summed E-state index contributed by atoms with van der Waals surface area (Å²) in [5, 5.41) is 0. The van der Waals surface area contributed by atoms with Crippen molar-refractivity contribution in [1.29, 1.82) is 0 Å². The highest BCUT2D eigenvalue weighted by Gasteiger charge is 2.25. The lowest BCUT2D eigenvalue weighted by molar-refractivity contribution is -2.00. The summed E-state index contributed by atoms with van der Waals surface area (Å²) < 4.78 is 67.9. The first-order chi connectivity index (χ1) is 12.9. The Hall–Kier alpha value is 0.180. The van der Waals surface area contributed by atoms with E-state index in [-0.39, 0.29) is 0 Å². The SMILES string of the molecule is [O-][Cl+3]([O-])([O-])[O-].[O-][Cl+3]([O-])([O-])[O-].c1cc(C[S+]2CCCC2)ccc1C[S+]1CCCC1. The van der Waals surface area contributed by atoms with Gasteiger partial charge in [0.2, 0.25) is 0 Å². The van der Waals surface area contributed by atoms with E-state index in [1.54, 1.807) is 11.1 Å². The first-order valence-corrected chi connectivity index (χ1v) is 14.4. The van der Waals surface area contributed by atoms with Crippen LogP contribution >= 0.6 is 0 Å². The molecule has 8 nitrogen and oxygen atoms in total. The van der Waals surface area contributed by atoms with E-state index in [0.29, 0.717) is 21.8 Å². The Balaban J connectivity index is 0.000000329. The van der Waals surface area contributed by atoms with Gasteiger partial charge in [-0.2, -0.15) is 0 Å². The highest BCUT2D eigenvalue weighted by Crippen LogP contribution is 2.21. The number of rotatable bonds is 4. The van der Waals surface area contributed by atoms with Crippen molar-refractivity contribution in [1.82, 2.24) is 0 Å². The largest absolute Gasteiger partial charge is 0.222 e. The van der Waals surface area contributed by atoms with Gasteiger partial charge in [0.05, 0.1) is 0 Å². The third-order valence-corrected chi connectivity index (χ3v) is 8.94. The molecule has 3 rings (SSSR count). The van der Waals surface area contributed by atoms with E-state index in [4.69, 9.17) is 37.3 Å². The van der Waals surface area contributed by atoms with Crippen LogP contribution in [0.1, 0.15) is 36.8 Å². The molecule has 0 unspecified atom stereocenters. The fourth-order valence-corrected chi connectivity index (χ4v) is 7.68. The quantitative estimate of drug-likeness (QED) is 0.382. The van der Waals surface area contributed by atoms with Crippen LogP contribution in [0.4, 0.5) is 0 Å². The van der Waals surface area contributed by atoms with Crippen LogP contribution in [0.25, 0.3) is 0 Å². The van der Waals surface area contributed by atoms with Gasteiger partial charge < -0.3 is 0 Å².